The molecule has 1 aromatic carbocycles. The number of hydrogen-bond acceptors (Lipinski definition) is 9. The Morgan fingerprint density at radius 3 is 2.49 bits per heavy atom. The Morgan fingerprint density at radius 1 is 1.05 bits per heavy atom. The molecule has 0 spiro atoms. The van der Waals surface area contributed by atoms with Gasteiger partial charge in [-0.3, -0.25) is 4.72 Å². The largest absolute Gasteiger partial charge is 0.480 e. The van der Waals surface area contributed by atoms with Crippen molar-refractivity contribution in [2.75, 3.05) is 29.5 Å². The van der Waals surface area contributed by atoms with Gasteiger partial charge in [-0.1, -0.05) is 23.7 Å². The maximum absolute atomic E-state index is 15.7. The summed E-state index contributed by atoms with van der Waals surface area (Å²) in [6.45, 7) is 5.96. The second kappa shape index (κ2) is 9.94. The molecule has 10 nitrogen and oxygen atoms in total. The van der Waals surface area contributed by atoms with Crippen LogP contribution in [0.25, 0.3) is 22.2 Å². The minimum absolute atomic E-state index is 0.0828. The average Bonchev–Trinajstić information content (AvgIpc) is 2.83. The molecule has 0 bridgehead atoms. The van der Waals surface area contributed by atoms with Crippen LogP contribution in [0.5, 0.6) is 5.88 Å². The SMILES string of the molecule is CNc1nc2nc(NC(C)(C)C)ncc2cc1-c1cccc(NS(=O)(=O)c2cc(Cl)cnc2OC)c1F. The van der Waals surface area contributed by atoms with Crippen LogP contribution in [0, 0.1) is 5.82 Å². The third kappa shape index (κ3) is 5.65. The number of nitrogens with one attached hydrogen (secondary N) is 3. The number of benzene rings is 1. The molecule has 3 heterocycles. The van der Waals surface area contributed by atoms with E-state index >= 15 is 4.39 Å². The molecule has 0 atom stereocenters. The molecule has 3 aromatic heterocycles. The molecular formula is C24H25ClFN7O3S. The maximum atomic E-state index is 15.7. The van der Waals surface area contributed by atoms with Crippen molar-refractivity contribution in [2.45, 2.75) is 31.2 Å². The van der Waals surface area contributed by atoms with Crippen LogP contribution in [0.2, 0.25) is 5.02 Å². The summed E-state index contributed by atoms with van der Waals surface area (Å²) in [4.78, 5) is 16.9. The Kier molecular flexibility index (Phi) is 7.07. The molecule has 0 fully saturated rings. The van der Waals surface area contributed by atoms with Gasteiger partial charge >= 0.3 is 0 Å². The molecule has 4 aromatic rings. The first-order chi connectivity index (χ1) is 17.4. The number of halogens is 2. The number of ether oxygens (including phenoxy) is 1. The highest BCUT2D eigenvalue weighted by Crippen LogP contribution is 2.35. The monoisotopic (exact) mass is 545 g/mol. The van der Waals surface area contributed by atoms with E-state index in [1.54, 1.807) is 19.3 Å². The molecule has 13 heteroatoms. The molecule has 0 aliphatic heterocycles. The summed E-state index contributed by atoms with van der Waals surface area (Å²) in [5, 5.41) is 6.81. The molecule has 0 saturated heterocycles. The highest BCUT2D eigenvalue weighted by molar-refractivity contribution is 7.92. The molecule has 0 amide bonds. The predicted molar refractivity (Wildman–Crippen MR) is 142 cm³/mol. The van der Waals surface area contributed by atoms with E-state index in [1.165, 1.54) is 37.6 Å². The van der Waals surface area contributed by atoms with Gasteiger partial charge in [-0.05, 0) is 39.0 Å². The third-order valence-electron chi connectivity index (χ3n) is 5.09. The molecule has 4 rings (SSSR count). The molecule has 0 saturated carbocycles. The van der Waals surface area contributed by atoms with E-state index in [-0.39, 0.29) is 32.6 Å². The number of fused-ring (bicyclic) bond motifs is 1. The fourth-order valence-corrected chi connectivity index (χ4v) is 4.96. The zero-order valence-electron chi connectivity index (χ0n) is 20.7. The smallest absolute Gasteiger partial charge is 0.267 e. The van der Waals surface area contributed by atoms with Gasteiger partial charge in [0.2, 0.25) is 11.8 Å². The Morgan fingerprint density at radius 2 is 1.81 bits per heavy atom. The first kappa shape index (κ1) is 26.3. The lowest BCUT2D eigenvalue weighted by Crippen LogP contribution is -2.27. The number of anilines is 3. The van der Waals surface area contributed by atoms with Crippen LogP contribution >= 0.6 is 11.6 Å². The number of rotatable bonds is 7. The molecule has 194 valence electrons. The number of methoxy groups -OCH3 is 1. The number of sulfonamides is 1. The van der Waals surface area contributed by atoms with Gasteiger partial charge in [0.1, 0.15) is 5.82 Å². The van der Waals surface area contributed by atoms with Crippen LogP contribution in [0.3, 0.4) is 0 Å². The van der Waals surface area contributed by atoms with Crippen molar-refractivity contribution in [3.8, 4) is 17.0 Å². The van der Waals surface area contributed by atoms with Crippen molar-refractivity contribution in [2.24, 2.45) is 0 Å². The molecule has 0 aliphatic rings. The number of nitrogens with zero attached hydrogens (tertiary/aromatic N) is 4. The van der Waals surface area contributed by atoms with Crippen LogP contribution in [0.4, 0.5) is 21.8 Å². The van der Waals surface area contributed by atoms with Gasteiger partial charge in [-0.25, -0.2) is 27.8 Å². The molecule has 3 N–H and O–H groups in total. The Balaban J connectivity index is 1.77. The summed E-state index contributed by atoms with van der Waals surface area (Å²) in [5.41, 5.74) is 0.402. The molecular weight excluding hydrogens is 521 g/mol. The Hall–Kier alpha value is -3.77. The standard InChI is InChI=1S/C24H25ClFN7O3S/c1-24(2,3)32-23-29-11-13-9-16(21(27-4)30-20(13)31-23)15-7-6-8-17(19(15)26)33-37(34,35)18-10-14(25)12-28-22(18)36-5/h6-12,33H,1-5H3,(H2,27,29,30,31,32). The number of aromatic nitrogens is 4. The fourth-order valence-electron chi connectivity index (χ4n) is 3.53. The fraction of sp³-hybridized carbons (Fsp3) is 0.250. The van der Waals surface area contributed by atoms with Crippen LogP contribution in [-0.4, -0.2) is 48.1 Å². The topological polar surface area (TPSA) is 131 Å². The zero-order valence-corrected chi connectivity index (χ0v) is 22.3. The van der Waals surface area contributed by atoms with Crippen molar-refractivity contribution < 1.29 is 17.5 Å². The van der Waals surface area contributed by atoms with E-state index in [4.69, 9.17) is 16.3 Å². The summed E-state index contributed by atoms with van der Waals surface area (Å²) in [7, 11) is -1.37. The van der Waals surface area contributed by atoms with E-state index in [0.717, 1.165) is 0 Å². The third-order valence-corrected chi connectivity index (χ3v) is 6.66. The van der Waals surface area contributed by atoms with Gasteiger partial charge in [0.25, 0.3) is 10.0 Å². The van der Waals surface area contributed by atoms with E-state index in [0.29, 0.717) is 28.4 Å². The van der Waals surface area contributed by atoms with E-state index in [2.05, 4.69) is 35.3 Å². The lowest BCUT2D eigenvalue weighted by Gasteiger charge is -2.20. The van der Waals surface area contributed by atoms with E-state index in [1.807, 2.05) is 20.8 Å². The number of hydrogen-bond donors (Lipinski definition) is 3. The van der Waals surface area contributed by atoms with Crippen LogP contribution in [-0.2, 0) is 10.0 Å². The molecule has 0 radical (unpaired) electrons. The van der Waals surface area contributed by atoms with Gasteiger partial charge in [-0.2, -0.15) is 4.98 Å². The zero-order chi connectivity index (χ0) is 27.0. The molecule has 37 heavy (non-hydrogen) atoms. The van der Waals surface area contributed by atoms with Crippen LogP contribution < -0.4 is 20.1 Å². The van der Waals surface area contributed by atoms with Gasteiger partial charge < -0.3 is 15.4 Å². The highest BCUT2D eigenvalue weighted by atomic mass is 35.5. The van der Waals surface area contributed by atoms with Gasteiger partial charge in [0.05, 0.1) is 17.8 Å². The first-order valence-corrected chi connectivity index (χ1v) is 12.9. The van der Waals surface area contributed by atoms with Crippen LogP contribution in [0.1, 0.15) is 20.8 Å². The first-order valence-electron chi connectivity index (χ1n) is 11.1. The number of pyridine rings is 2. The average molecular weight is 546 g/mol. The molecule has 0 unspecified atom stereocenters. The molecule has 0 aliphatic carbocycles. The summed E-state index contributed by atoms with van der Waals surface area (Å²) in [6.07, 6.45) is 2.84. The highest BCUT2D eigenvalue weighted by Gasteiger charge is 2.24. The van der Waals surface area contributed by atoms with Crippen molar-refractivity contribution in [1.82, 2.24) is 19.9 Å². The minimum atomic E-state index is -4.29. The summed E-state index contributed by atoms with van der Waals surface area (Å²) < 4.78 is 49.2. The quantitative estimate of drug-likeness (QED) is 0.295. The summed E-state index contributed by atoms with van der Waals surface area (Å²) in [5.74, 6) is -0.210. The van der Waals surface area contributed by atoms with E-state index < -0.39 is 15.8 Å². The summed E-state index contributed by atoms with van der Waals surface area (Å²) in [6, 6.07) is 7.22. The summed E-state index contributed by atoms with van der Waals surface area (Å²) >= 11 is 5.93. The van der Waals surface area contributed by atoms with Crippen LogP contribution in [0.15, 0.2) is 47.6 Å². The van der Waals surface area contributed by atoms with Crippen molar-refractivity contribution in [3.05, 3.63) is 53.6 Å². The second-order valence-electron chi connectivity index (χ2n) is 9.05. The second-order valence-corrected chi connectivity index (χ2v) is 11.1. The lowest BCUT2D eigenvalue weighted by molar-refractivity contribution is 0.385. The van der Waals surface area contributed by atoms with E-state index in [9.17, 15) is 8.42 Å². The Bertz CT molecular complexity index is 1590. The van der Waals surface area contributed by atoms with Gasteiger partial charge in [0, 0.05) is 41.5 Å². The lowest BCUT2D eigenvalue weighted by atomic mass is 10.0. The van der Waals surface area contributed by atoms with Crippen molar-refractivity contribution in [3.63, 3.8) is 0 Å². The minimum Gasteiger partial charge on any atom is -0.480 e. The van der Waals surface area contributed by atoms with Crippen molar-refractivity contribution in [1.29, 1.82) is 0 Å². The predicted octanol–water partition coefficient (Wildman–Crippen LogP) is 4.94. The van der Waals surface area contributed by atoms with Crippen molar-refractivity contribution >= 4 is 50.1 Å². The maximum Gasteiger partial charge on any atom is 0.267 e. The normalized spacial score (nSPS) is 11.9. The van der Waals surface area contributed by atoms with Gasteiger partial charge in [0.15, 0.2) is 16.4 Å². The van der Waals surface area contributed by atoms with Gasteiger partial charge in [-0.15, -0.1) is 0 Å². The Labute approximate surface area is 218 Å².